The monoisotopic (exact) mass is 401 g/mol. The number of hydrogen-bond acceptors (Lipinski definition) is 3. The van der Waals surface area contributed by atoms with Crippen LogP contribution in [0.2, 0.25) is 5.02 Å². The summed E-state index contributed by atoms with van der Waals surface area (Å²) in [7, 11) is -1.02. The smallest absolute Gasteiger partial charge is 0.423 e. The van der Waals surface area contributed by atoms with E-state index in [9.17, 15) is 9.82 Å². The second kappa shape index (κ2) is 7.19. The number of amides is 1. The molecule has 4 nitrogen and oxygen atoms in total. The van der Waals surface area contributed by atoms with Crippen molar-refractivity contribution in [1.82, 2.24) is 0 Å². The first kappa shape index (κ1) is 18.2. The summed E-state index contributed by atoms with van der Waals surface area (Å²) in [4.78, 5) is 13.0. The van der Waals surface area contributed by atoms with Gasteiger partial charge in [-0.15, -0.1) is 0 Å². The van der Waals surface area contributed by atoms with E-state index in [0.29, 0.717) is 16.0 Å². The second-order valence-electron chi connectivity index (χ2n) is 7.24. The molecule has 0 saturated heterocycles. The van der Waals surface area contributed by atoms with Crippen LogP contribution in [0.5, 0.6) is 0 Å². The standard InChI is InChI=1S/C23H17BClNO3/c25-21-11-17-13-29-24(28)20(17)12-19(21)23(27)26-22-8-4-3-7-18(22)16-9-14-5-1-2-6-15(14)10-16/h1-9,11-12,28H,10,13H2,(H,26,27). The lowest BCUT2D eigenvalue weighted by Gasteiger charge is -2.13. The number of halogens is 1. The maximum Gasteiger partial charge on any atom is 0.491 e. The van der Waals surface area contributed by atoms with Gasteiger partial charge in [0.25, 0.3) is 5.91 Å². The number of rotatable bonds is 3. The molecule has 0 aromatic heterocycles. The molecule has 0 radical (unpaired) electrons. The van der Waals surface area contributed by atoms with Crippen molar-refractivity contribution in [2.45, 2.75) is 13.0 Å². The zero-order valence-electron chi connectivity index (χ0n) is 15.5. The Kier molecular flexibility index (Phi) is 4.51. The Morgan fingerprint density at radius 1 is 1.07 bits per heavy atom. The Morgan fingerprint density at radius 2 is 1.86 bits per heavy atom. The molecule has 0 saturated carbocycles. The fraction of sp³-hybridized carbons (Fsp3) is 0.0870. The van der Waals surface area contributed by atoms with Gasteiger partial charge >= 0.3 is 7.12 Å². The molecule has 2 N–H and O–H groups in total. The fourth-order valence-corrected chi connectivity index (χ4v) is 4.21. The van der Waals surface area contributed by atoms with E-state index in [1.165, 1.54) is 11.1 Å². The van der Waals surface area contributed by atoms with Crippen LogP contribution < -0.4 is 10.8 Å². The molecule has 5 rings (SSSR count). The first-order valence-electron chi connectivity index (χ1n) is 9.41. The first-order chi connectivity index (χ1) is 14.1. The van der Waals surface area contributed by atoms with Crippen LogP contribution >= 0.6 is 11.6 Å². The van der Waals surface area contributed by atoms with E-state index < -0.39 is 7.12 Å². The number of para-hydroxylation sites is 1. The molecule has 142 valence electrons. The van der Waals surface area contributed by atoms with Crippen LogP contribution in [0.1, 0.15) is 32.6 Å². The highest BCUT2D eigenvalue weighted by Gasteiger charge is 2.29. The third kappa shape index (κ3) is 3.27. The molecule has 29 heavy (non-hydrogen) atoms. The molecule has 1 aliphatic carbocycles. The minimum absolute atomic E-state index is 0.287. The van der Waals surface area contributed by atoms with Crippen LogP contribution in [-0.4, -0.2) is 18.0 Å². The van der Waals surface area contributed by atoms with E-state index in [1.54, 1.807) is 12.1 Å². The summed E-state index contributed by atoms with van der Waals surface area (Å²) in [6.07, 6.45) is 2.99. The molecule has 3 aromatic carbocycles. The number of fused-ring (bicyclic) bond motifs is 2. The lowest BCUT2D eigenvalue weighted by atomic mass is 9.78. The van der Waals surface area contributed by atoms with Crippen molar-refractivity contribution in [2.75, 3.05) is 5.32 Å². The van der Waals surface area contributed by atoms with E-state index >= 15 is 0 Å². The number of benzene rings is 3. The van der Waals surface area contributed by atoms with Gasteiger partial charge in [-0.05, 0) is 52.3 Å². The van der Waals surface area contributed by atoms with Crippen LogP contribution in [-0.2, 0) is 17.7 Å². The molecule has 2 aliphatic rings. The topological polar surface area (TPSA) is 58.6 Å². The maximum atomic E-state index is 13.0. The van der Waals surface area contributed by atoms with Gasteiger partial charge in [-0.1, -0.05) is 60.1 Å². The van der Waals surface area contributed by atoms with E-state index in [0.717, 1.165) is 28.8 Å². The Bertz CT molecular complexity index is 1170. The van der Waals surface area contributed by atoms with Crippen LogP contribution in [0.3, 0.4) is 0 Å². The Hall–Kier alpha value is -2.86. The van der Waals surface area contributed by atoms with Crippen molar-refractivity contribution in [1.29, 1.82) is 0 Å². The zero-order valence-corrected chi connectivity index (χ0v) is 16.2. The normalized spacial score (nSPS) is 14.4. The van der Waals surface area contributed by atoms with Gasteiger partial charge in [0.2, 0.25) is 0 Å². The van der Waals surface area contributed by atoms with Gasteiger partial charge in [-0.25, -0.2) is 0 Å². The highest BCUT2D eigenvalue weighted by Crippen LogP contribution is 2.35. The predicted octanol–water partition coefficient (Wildman–Crippen LogP) is 3.91. The number of carbonyl (C=O) groups is 1. The highest BCUT2D eigenvalue weighted by molar-refractivity contribution is 6.61. The third-order valence-corrected chi connectivity index (χ3v) is 5.74. The molecule has 0 unspecified atom stereocenters. The van der Waals surface area contributed by atoms with Crippen LogP contribution in [0.4, 0.5) is 5.69 Å². The molecule has 0 bridgehead atoms. The van der Waals surface area contributed by atoms with Crippen LogP contribution in [0, 0.1) is 0 Å². The molecular formula is C23H17BClNO3. The van der Waals surface area contributed by atoms with Crippen molar-refractivity contribution in [3.63, 3.8) is 0 Å². The van der Waals surface area contributed by atoms with Gasteiger partial charge in [0.15, 0.2) is 0 Å². The van der Waals surface area contributed by atoms with Crippen LogP contribution in [0.15, 0.2) is 60.7 Å². The summed E-state index contributed by atoms with van der Waals surface area (Å²) in [5.74, 6) is -0.319. The summed E-state index contributed by atoms with van der Waals surface area (Å²) in [5.41, 5.74) is 7.05. The quantitative estimate of drug-likeness (QED) is 0.654. The lowest BCUT2D eigenvalue weighted by molar-refractivity contribution is 0.102. The molecule has 6 heteroatoms. The molecule has 0 fully saturated rings. The van der Waals surface area contributed by atoms with E-state index in [2.05, 4.69) is 23.5 Å². The van der Waals surface area contributed by atoms with Gasteiger partial charge in [-0.2, -0.15) is 0 Å². The molecular weight excluding hydrogens is 385 g/mol. The zero-order chi connectivity index (χ0) is 20.0. The number of allylic oxidation sites excluding steroid dienone is 1. The number of nitrogens with one attached hydrogen (secondary N) is 1. The molecule has 0 atom stereocenters. The van der Waals surface area contributed by atoms with Crippen molar-refractivity contribution in [3.8, 4) is 0 Å². The molecule has 1 heterocycles. The largest absolute Gasteiger partial charge is 0.491 e. The van der Waals surface area contributed by atoms with Crippen molar-refractivity contribution < 1.29 is 14.5 Å². The summed E-state index contributed by atoms with van der Waals surface area (Å²) < 4.78 is 5.21. The number of anilines is 1. The predicted molar refractivity (Wildman–Crippen MR) is 116 cm³/mol. The SMILES string of the molecule is O=C(Nc1ccccc1C1=Cc2ccccc2C1)c1cc2c(cc1Cl)COB2O. The Balaban J connectivity index is 1.46. The average Bonchev–Trinajstić information content (AvgIpc) is 3.31. The second-order valence-corrected chi connectivity index (χ2v) is 7.65. The van der Waals surface area contributed by atoms with Gasteiger partial charge in [0.05, 0.1) is 17.2 Å². The molecule has 0 spiro atoms. The van der Waals surface area contributed by atoms with E-state index in [1.807, 2.05) is 36.4 Å². The van der Waals surface area contributed by atoms with Gasteiger partial charge in [0.1, 0.15) is 0 Å². The molecule has 3 aromatic rings. The number of hydrogen-bond donors (Lipinski definition) is 2. The van der Waals surface area contributed by atoms with Gasteiger partial charge in [0, 0.05) is 11.3 Å². The van der Waals surface area contributed by atoms with E-state index in [4.69, 9.17) is 16.3 Å². The van der Waals surface area contributed by atoms with E-state index in [-0.39, 0.29) is 12.5 Å². The highest BCUT2D eigenvalue weighted by atomic mass is 35.5. The van der Waals surface area contributed by atoms with Crippen LogP contribution in [0.25, 0.3) is 11.6 Å². The average molecular weight is 402 g/mol. The van der Waals surface area contributed by atoms with Gasteiger partial charge < -0.3 is 15.0 Å². The lowest BCUT2D eigenvalue weighted by Crippen LogP contribution is -2.29. The summed E-state index contributed by atoms with van der Waals surface area (Å²) in [6.45, 7) is 0.287. The van der Waals surface area contributed by atoms with Crippen molar-refractivity contribution in [2.24, 2.45) is 0 Å². The Morgan fingerprint density at radius 3 is 2.72 bits per heavy atom. The van der Waals surface area contributed by atoms with Crippen molar-refractivity contribution in [3.05, 3.63) is 93.5 Å². The molecule has 1 aliphatic heterocycles. The third-order valence-electron chi connectivity index (χ3n) is 5.42. The minimum atomic E-state index is -1.02. The summed E-state index contributed by atoms with van der Waals surface area (Å²) in [5, 5.41) is 13.3. The maximum absolute atomic E-state index is 13.0. The first-order valence-corrected chi connectivity index (χ1v) is 9.79. The Labute approximate surface area is 173 Å². The fourth-order valence-electron chi connectivity index (χ4n) is 3.93. The summed E-state index contributed by atoms with van der Waals surface area (Å²) >= 11 is 6.34. The summed E-state index contributed by atoms with van der Waals surface area (Å²) in [6, 6.07) is 19.3. The van der Waals surface area contributed by atoms with Gasteiger partial charge in [-0.3, -0.25) is 4.79 Å². The van der Waals surface area contributed by atoms with Crippen molar-refractivity contribution >= 4 is 47.4 Å². The minimum Gasteiger partial charge on any atom is -0.423 e. The molecule has 1 amide bonds. The number of carbonyl (C=O) groups excluding carboxylic acids is 1.